The average molecular weight is 341 g/mol. The van der Waals surface area contributed by atoms with Gasteiger partial charge in [0.15, 0.2) is 0 Å². The zero-order chi connectivity index (χ0) is 16.4. The molecule has 0 radical (unpaired) electrons. The van der Waals surface area contributed by atoms with Crippen molar-refractivity contribution in [3.63, 3.8) is 0 Å². The number of thiazole rings is 1. The summed E-state index contributed by atoms with van der Waals surface area (Å²) in [5, 5.41) is 3.99. The van der Waals surface area contributed by atoms with Gasteiger partial charge in [-0.3, -0.25) is 0 Å². The van der Waals surface area contributed by atoms with E-state index in [1.54, 1.807) is 17.6 Å². The number of carbonyl (C=O) groups is 1. The Hall–Kier alpha value is -2.34. The van der Waals surface area contributed by atoms with E-state index >= 15 is 0 Å². The zero-order valence-electron chi connectivity index (χ0n) is 13.3. The number of rotatable bonds is 3. The minimum absolute atomic E-state index is 0.0460. The number of hydrogen-bond acceptors (Lipinski definition) is 4. The molecule has 1 aliphatic heterocycles. The monoisotopic (exact) mass is 341 g/mol. The molecule has 4 rings (SSSR count). The van der Waals surface area contributed by atoms with Crippen LogP contribution in [-0.2, 0) is 6.54 Å². The van der Waals surface area contributed by atoms with Crippen LogP contribution in [0.1, 0.15) is 36.1 Å². The van der Waals surface area contributed by atoms with Gasteiger partial charge in [-0.05, 0) is 43.5 Å². The number of urea groups is 1. The quantitative estimate of drug-likeness (QED) is 0.771. The van der Waals surface area contributed by atoms with E-state index in [9.17, 15) is 4.79 Å². The van der Waals surface area contributed by atoms with Gasteiger partial charge in [-0.15, -0.1) is 11.3 Å². The Bertz CT molecular complexity index is 795. The topological polar surface area (TPSA) is 58.4 Å². The summed E-state index contributed by atoms with van der Waals surface area (Å²) >= 11 is 1.69. The van der Waals surface area contributed by atoms with Crippen LogP contribution in [0.4, 0.5) is 4.79 Å². The summed E-state index contributed by atoms with van der Waals surface area (Å²) in [6.45, 7) is 1.18. The third-order valence-electron chi connectivity index (χ3n) is 4.35. The number of nitrogens with one attached hydrogen (secondary N) is 1. The van der Waals surface area contributed by atoms with Gasteiger partial charge in [0.05, 0.1) is 29.1 Å². The van der Waals surface area contributed by atoms with E-state index in [0.717, 1.165) is 42.1 Å². The number of hydrogen-bond donors (Lipinski definition) is 1. The zero-order valence-corrected chi connectivity index (χ0v) is 14.1. The van der Waals surface area contributed by atoms with Crippen molar-refractivity contribution in [2.75, 3.05) is 6.54 Å². The second-order valence-electron chi connectivity index (χ2n) is 5.96. The standard InChI is InChI=1S/C18H19N3O2S/c22-18(19-12-13-6-5-11-23-13)21-10-4-3-8-15(21)17-20-14-7-1-2-9-16(14)24-17/h1-2,5-7,9,11,15H,3-4,8,10,12H2,(H,19,22). The first-order chi connectivity index (χ1) is 11.8. The van der Waals surface area contributed by atoms with E-state index in [4.69, 9.17) is 9.40 Å². The lowest BCUT2D eigenvalue weighted by Gasteiger charge is -2.34. The number of likely N-dealkylation sites (tertiary alicyclic amines) is 1. The largest absolute Gasteiger partial charge is 0.467 e. The van der Waals surface area contributed by atoms with Crippen LogP contribution in [0.25, 0.3) is 10.2 Å². The molecule has 0 aliphatic carbocycles. The van der Waals surface area contributed by atoms with Crippen LogP contribution >= 0.6 is 11.3 Å². The molecular formula is C18H19N3O2S. The fourth-order valence-corrected chi connectivity index (χ4v) is 4.26. The number of benzene rings is 1. The summed E-state index contributed by atoms with van der Waals surface area (Å²) < 4.78 is 6.45. The second-order valence-corrected chi connectivity index (χ2v) is 7.03. The summed E-state index contributed by atoms with van der Waals surface area (Å²) in [7, 11) is 0. The Labute approximate surface area is 144 Å². The van der Waals surface area contributed by atoms with Crippen molar-refractivity contribution in [3.8, 4) is 0 Å². The number of carbonyl (C=O) groups excluding carboxylic acids is 1. The van der Waals surface area contributed by atoms with Gasteiger partial charge in [0, 0.05) is 6.54 Å². The predicted octanol–water partition coefficient (Wildman–Crippen LogP) is 4.33. The number of amides is 2. The molecule has 0 saturated carbocycles. The van der Waals surface area contributed by atoms with Gasteiger partial charge in [0.25, 0.3) is 0 Å². The van der Waals surface area contributed by atoms with Gasteiger partial charge in [-0.2, -0.15) is 0 Å². The van der Waals surface area contributed by atoms with Crippen molar-refractivity contribution in [3.05, 3.63) is 53.4 Å². The maximum atomic E-state index is 12.6. The number of furan rings is 1. The predicted molar refractivity (Wildman–Crippen MR) is 93.9 cm³/mol. The lowest BCUT2D eigenvalue weighted by atomic mass is 10.0. The molecule has 5 nitrogen and oxygen atoms in total. The average Bonchev–Trinajstić information content (AvgIpc) is 3.29. The summed E-state index contributed by atoms with van der Waals surface area (Å²) in [5.41, 5.74) is 1.01. The van der Waals surface area contributed by atoms with Crippen molar-refractivity contribution in [1.29, 1.82) is 0 Å². The summed E-state index contributed by atoms with van der Waals surface area (Å²) in [6.07, 6.45) is 4.75. The maximum Gasteiger partial charge on any atom is 0.318 e. The highest BCUT2D eigenvalue weighted by atomic mass is 32.1. The van der Waals surface area contributed by atoms with Crippen molar-refractivity contribution >= 4 is 27.6 Å². The second kappa shape index (κ2) is 6.65. The fraction of sp³-hybridized carbons (Fsp3) is 0.333. The molecule has 1 aromatic carbocycles. The number of fused-ring (bicyclic) bond motifs is 1. The van der Waals surface area contributed by atoms with Crippen molar-refractivity contribution in [2.24, 2.45) is 0 Å². The Balaban J connectivity index is 1.52. The van der Waals surface area contributed by atoms with Crippen LogP contribution in [0.15, 0.2) is 47.1 Å². The van der Waals surface area contributed by atoms with Gasteiger partial charge in [-0.25, -0.2) is 9.78 Å². The molecule has 6 heteroatoms. The van der Waals surface area contributed by atoms with Crippen LogP contribution in [0.5, 0.6) is 0 Å². The lowest BCUT2D eigenvalue weighted by Crippen LogP contribution is -2.44. The normalized spacial score (nSPS) is 18.0. The van der Waals surface area contributed by atoms with E-state index in [1.807, 2.05) is 35.2 Å². The summed E-state index contributed by atoms with van der Waals surface area (Å²) in [5.74, 6) is 0.761. The summed E-state index contributed by atoms with van der Waals surface area (Å²) in [4.78, 5) is 19.3. The molecule has 0 bridgehead atoms. The number of piperidine rings is 1. The number of nitrogens with zero attached hydrogens (tertiary/aromatic N) is 2. The van der Waals surface area contributed by atoms with Gasteiger partial charge in [0.2, 0.25) is 0 Å². The van der Waals surface area contributed by atoms with Crippen molar-refractivity contribution < 1.29 is 9.21 Å². The van der Waals surface area contributed by atoms with Crippen LogP contribution in [-0.4, -0.2) is 22.5 Å². The molecule has 3 heterocycles. The van der Waals surface area contributed by atoms with E-state index in [-0.39, 0.29) is 12.1 Å². The lowest BCUT2D eigenvalue weighted by molar-refractivity contribution is 0.150. The first kappa shape index (κ1) is 15.2. The summed E-state index contributed by atoms with van der Waals surface area (Å²) in [6, 6.07) is 11.8. The highest BCUT2D eigenvalue weighted by Gasteiger charge is 2.30. The molecule has 124 valence electrons. The van der Waals surface area contributed by atoms with E-state index < -0.39 is 0 Å². The first-order valence-electron chi connectivity index (χ1n) is 8.23. The SMILES string of the molecule is O=C(NCc1ccco1)N1CCCCC1c1nc2ccccc2s1. The highest BCUT2D eigenvalue weighted by molar-refractivity contribution is 7.18. The fourth-order valence-electron chi connectivity index (χ4n) is 3.14. The molecule has 2 aromatic heterocycles. The minimum atomic E-state index is -0.0460. The molecule has 24 heavy (non-hydrogen) atoms. The molecule has 3 aromatic rings. The Morgan fingerprint density at radius 3 is 3.04 bits per heavy atom. The third kappa shape index (κ3) is 3.01. The molecule has 0 spiro atoms. The van der Waals surface area contributed by atoms with Gasteiger partial charge in [0.1, 0.15) is 10.8 Å². The number of aromatic nitrogens is 1. The van der Waals surface area contributed by atoms with E-state index in [0.29, 0.717) is 6.54 Å². The Morgan fingerprint density at radius 1 is 1.29 bits per heavy atom. The molecule has 1 saturated heterocycles. The van der Waals surface area contributed by atoms with E-state index in [2.05, 4.69) is 11.4 Å². The van der Waals surface area contributed by atoms with Crippen LogP contribution in [0.2, 0.25) is 0 Å². The molecule has 1 atom stereocenters. The molecule has 2 amide bonds. The molecule has 1 unspecified atom stereocenters. The highest BCUT2D eigenvalue weighted by Crippen LogP contribution is 2.35. The van der Waals surface area contributed by atoms with Crippen molar-refractivity contribution in [1.82, 2.24) is 15.2 Å². The third-order valence-corrected chi connectivity index (χ3v) is 5.49. The van der Waals surface area contributed by atoms with Crippen LogP contribution < -0.4 is 5.32 Å². The molecule has 1 N–H and O–H groups in total. The van der Waals surface area contributed by atoms with Gasteiger partial charge in [-0.1, -0.05) is 12.1 Å². The minimum Gasteiger partial charge on any atom is -0.467 e. The maximum absolute atomic E-state index is 12.6. The van der Waals surface area contributed by atoms with Crippen LogP contribution in [0.3, 0.4) is 0 Å². The van der Waals surface area contributed by atoms with Crippen LogP contribution in [0, 0.1) is 0 Å². The Kier molecular flexibility index (Phi) is 4.21. The van der Waals surface area contributed by atoms with Crippen molar-refractivity contribution in [2.45, 2.75) is 31.8 Å². The Morgan fingerprint density at radius 2 is 2.21 bits per heavy atom. The smallest absolute Gasteiger partial charge is 0.318 e. The van der Waals surface area contributed by atoms with Gasteiger partial charge >= 0.3 is 6.03 Å². The first-order valence-corrected chi connectivity index (χ1v) is 9.05. The molecular weight excluding hydrogens is 322 g/mol. The van der Waals surface area contributed by atoms with Gasteiger partial charge < -0.3 is 14.6 Å². The molecule has 1 aliphatic rings. The molecule has 1 fully saturated rings. The van der Waals surface area contributed by atoms with E-state index in [1.165, 1.54) is 4.70 Å². The number of para-hydroxylation sites is 1.